The molecule has 0 bridgehead atoms. The number of nitrogens with one attached hydrogen (secondary N) is 1. The molecule has 0 saturated heterocycles. The molecule has 0 aromatic heterocycles. The summed E-state index contributed by atoms with van der Waals surface area (Å²) in [7, 11) is 1.65. The van der Waals surface area contributed by atoms with E-state index in [0.717, 1.165) is 24.3 Å². The summed E-state index contributed by atoms with van der Waals surface area (Å²) in [5.74, 6) is 0.842. The first kappa shape index (κ1) is 13.0. The number of aliphatic hydroxyl groups is 1. The number of methoxy groups -OCH3 is 1. The summed E-state index contributed by atoms with van der Waals surface area (Å²) in [4.78, 5) is 0. The van der Waals surface area contributed by atoms with Gasteiger partial charge in [-0.25, -0.2) is 0 Å². The molecule has 0 radical (unpaired) electrons. The maximum Gasteiger partial charge on any atom is 0.123 e. The van der Waals surface area contributed by atoms with Gasteiger partial charge in [-0.2, -0.15) is 0 Å². The molecule has 16 heavy (non-hydrogen) atoms. The summed E-state index contributed by atoms with van der Waals surface area (Å²) >= 11 is 0. The van der Waals surface area contributed by atoms with Gasteiger partial charge in [0.05, 0.1) is 7.11 Å². The van der Waals surface area contributed by atoms with Gasteiger partial charge in [0.1, 0.15) is 5.75 Å². The van der Waals surface area contributed by atoms with Crippen molar-refractivity contribution in [3.8, 4) is 5.75 Å². The smallest absolute Gasteiger partial charge is 0.123 e. The largest absolute Gasteiger partial charge is 0.496 e. The molecule has 0 saturated carbocycles. The summed E-state index contributed by atoms with van der Waals surface area (Å²) in [6.45, 7) is 1.44. The van der Waals surface area contributed by atoms with Gasteiger partial charge < -0.3 is 20.9 Å². The van der Waals surface area contributed by atoms with Crippen molar-refractivity contribution in [2.24, 2.45) is 5.73 Å². The van der Waals surface area contributed by atoms with Crippen molar-refractivity contribution in [3.63, 3.8) is 0 Å². The van der Waals surface area contributed by atoms with Crippen LogP contribution in [0.4, 0.5) is 0 Å². The SMILES string of the molecule is COc1ccccc1C(CN)NCCCO. The fraction of sp³-hybridized carbons (Fsp3) is 0.500. The molecule has 1 atom stereocenters. The van der Waals surface area contributed by atoms with Crippen LogP contribution < -0.4 is 15.8 Å². The Morgan fingerprint density at radius 1 is 1.44 bits per heavy atom. The third-order valence-corrected chi connectivity index (χ3v) is 2.48. The number of nitrogens with two attached hydrogens (primary N) is 1. The molecule has 0 spiro atoms. The van der Waals surface area contributed by atoms with Crippen molar-refractivity contribution in [2.75, 3.05) is 26.8 Å². The molecule has 4 N–H and O–H groups in total. The first-order valence-electron chi connectivity index (χ1n) is 5.50. The Hall–Kier alpha value is -1.10. The molecule has 4 nitrogen and oxygen atoms in total. The molecule has 0 aliphatic heterocycles. The van der Waals surface area contributed by atoms with E-state index in [1.807, 2.05) is 24.3 Å². The Kier molecular flexibility index (Phi) is 5.85. The number of hydrogen-bond donors (Lipinski definition) is 3. The molecule has 4 heteroatoms. The van der Waals surface area contributed by atoms with E-state index in [9.17, 15) is 0 Å². The lowest BCUT2D eigenvalue weighted by Crippen LogP contribution is -2.29. The normalized spacial score (nSPS) is 12.4. The van der Waals surface area contributed by atoms with Gasteiger partial charge in [-0.1, -0.05) is 18.2 Å². The van der Waals surface area contributed by atoms with Crippen LogP contribution in [0, 0.1) is 0 Å². The van der Waals surface area contributed by atoms with Gasteiger partial charge in [-0.3, -0.25) is 0 Å². The summed E-state index contributed by atoms with van der Waals surface area (Å²) in [5.41, 5.74) is 6.79. The maximum atomic E-state index is 8.73. The molecule has 1 aromatic carbocycles. The Balaban J connectivity index is 2.69. The van der Waals surface area contributed by atoms with Crippen LogP contribution in [0.5, 0.6) is 5.75 Å². The van der Waals surface area contributed by atoms with Crippen LogP contribution in [0.25, 0.3) is 0 Å². The fourth-order valence-electron chi connectivity index (χ4n) is 1.63. The molecule has 0 aliphatic rings. The highest BCUT2D eigenvalue weighted by molar-refractivity contribution is 5.36. The standard InChI is InChI=1S/C12H20N2O2/c1-16-12-6-3-2-5-10(12)11(9-13)14-7-4-8-15/h2-3,5-6,11,14-15H,4,7-9,13H2,1H3. The molecule has 0 heterocycles. The minimum atomic E-state index is 0.0719. The van der Waals surface area contributed by atoms with E-state index in [1.54, 1.807) is 7.11 Å². The van der Waals surface area contributed by atoms with Crippen molar-refractivity contribution >= 4 is 0 Å². The van der Waals surface area contributed by atoms with Crippen molar-refractivity contribution in [2.45, 2.75) is 12.5 Å². The Morgan fingerprint density at radius 2 is 2.19 bits per heavy atom. The van der Waals surface area contributed by atoms with Gasteiger partial charge in [-0.15, -0.1) is 0 Å². The van der Waals surface area contributed by atoms with Crippen molar-refractivity contribution in [1.82, 2.24) is 5.32 Å². The molecule has 0 aliphatic carbocycles. The zero-order valence-electron chi connectivity index (χ0n) is 9.65. The summed E-state index contributed by atoms with van der Waals surface area (Å²) in [6, 6.07) is 7.90. The van der Waals surface area contributed by atoms with E-state index in [4.69, 9.17) is 15.6 Å². The monoisotopic (exact) mass is 224 g/mol. The number of ether oxygens (including phenoxy) is 1. The van der Waals surface area contributed by atoms with E-state index in [-0.39, 0.29) is 12.6 Å². The summed E-state index contributed by atoms with van der Waals surface area (Å²) in [6.07, 6.45) is 0.728. The quantitative estimate of drug-likeness (QED) is 0.595. The number of aliphatic hydroxyl groups excluding tert-OH is 1. The average molecular weight is 224 g/mol. The van der Waals surface area contributed by atoms with Crippen LogP contribution in [-0.4, -0.2) is 31.9 Å². The van der Waals surface area contributed by atoms with Crippen LogP contribution in [0.2, 0.25) is 0 Å². The minimum Gasteiger partial charge on any atom is -0.496 e. The van der Waals surface area contributed by atoms with Crippen LogP contribution in [0.1, 0.15) is 18.0 Å². The van der Waals surface area contributed by atoms with Crippen molar-refractivity contribution < 1.29 is 9.84 Å². The van der Waals surface area contributed by atoms with Crippen molar-refractivity contribution in [3.05, 3.63) is 29.8 Å². The predicted octanol–water partition coefficient (Wildman–Crippen LogP) is 0.667. The lowest BCUT2D eigenvalue weighted by atomic mass is 10.1. The highest BCUT2D eigenvalue weighted by atomic mass is 16.5. The first-order valence-corrected chi connectivity index (χ1v) is 5.50. The average Bonchev–Trinajstić information content (AvgIpc) is 2.35. The Morgan fingerprint density at radius 3 is 2.81 bits per heavy atom. The first-order chi connectivity index (χ1) is 7.83. The zero-order chi connectivity index (χ0) is 11.8. The van der Waals surface area contributed by atoms with Gasteiger partial charge in [0.25, 0.3) is 0 Å². The highest BCUT2D eigenvalue weighted by Crippen LogP contribution is 2.23. The Bertz CT molecular complexity index is 305. The highest BCUT2D eigenvalue weighted by Gasteiger charge is 2.12. The van der Waals surface area contributed by atoms with Crippen LogP contribution in [-0.2, 0) is 0 Å². The fourth-order valence-corrected chi connectivity index (χ4v) is 1.63. The second-order valence-electron chi connectivity index (χ2n) is 3.56. The van der Waals surface area contributed by atoms with Gasteiger partial charge in [0.2, 0.25) is 0 Å². The number of para-hydroxylation sites is 1. The lowest BCUT2D eigenvalue weighted by Gasteiger charge is -2.19. The Labute approximate surface area is 96.4 Å². The third kappa shape index (κ3) is 3.48. The molecular weight excluding hydrogens is 204 g/mol. The number of rotatable bonds is 7. The van der Waals surface area contributed by atoms with Crippen molar-refractivity contribution in [1.29, 1.82) is 0 Å². The van der Waals surface area contributed by atoms with E-state index in [0.29, 0.717) is 6.54 Å². The molecule has 0 amide bonds. The third-order valence-electron chi connectivity index (χ3n) is 2.48. The van der Waals surface area contributed by atoms with E-state index in [2.05, 4.69) is 5.32 Å². The van der Waals surface area contributed by atoms with Gasteiger partial charge in [0.15, 0.2) is 0 Å². The van der Waals surface area contributed by atoms with E-state index < -0.39 is 0 Å². The summed E-state index contributed by atoms with van der Waals surface area (Å²) in [5, 5.41) is 12.0. The second kappa shape index (κ2) is 7.22. The van der Waals surface area contributed by atoms with Gasteiger partial charge >= 0.3 is 0 Å². The zero-order valence-corrected chi connectivity index (χ0v) is 9.65. The van der Waals surface area contributed by atoms with Crippen LogP contribution in [0.3, 0.4) is 0 Å². The molecular formula is C12H20N2O2. The van der Waals surface area contributed by atoms with Crippen LogP contribution >= 0.6 is 0 Å². The number of benzene rings is 1. The molecule has 0 fully saturated rings. The van der Waals surface area contributed by atoms with Gasteiger partial charge in [0, 0.05) is 24.8 Å². The summed E-state index contributed by atoms with van der Waals surface area (Å²) < 4.78 is 5.29. The van der Waals surface area contributed by atoms with E-state index >= 15 is 0 Å². The molecule has 1 aromatic rings. The lowest BCUT2D eigenvalue weighted by molar-refractivity contribution is 0.283. The predicted molar refractivity (Wildman–Crippen MR) is 64.5 cm³/mol. The number of hydrogen-bond acceptors (Lipinski definition) is 4. The molecule has 1 rings (SSSR count). The molecule has 1 unspecified atom stereocenters. The van der Waals surface area contributed by atoms with E-state index in [1.165, 1.54) is 0 Å². The second-order valence-corrected chi connectivity index (χ2v) is 3.56. The molecule has 90 valence electrons. The van der Waals surface area contributed by atoms with Gasteiger partial charge in [-0.05, 0) is 19.0 Å². The minimum absolute atomic E-state index is 0.0719. The van der Waals surface area contributed by atoms with Crippen LogP contribution in [0.15, 0.2) is 24.3 Å². The maximum absolute atomic E-state index is 8.73. The topological polar surface area (TPSA) is 67.5 Å².